The molecule has 1 aromatic heterocycles. The summed E-state index contributed by atoms with van der Waals surface area (Å²) in [5, 5.41) is 2.76. The fourth-order valence-corrected chi connectivity index (χ4v) is 1.89. The molecule has 0 bridgehead atoms. The number of hydrogen-bond acceptors (Lipinski definition) is 5. The Labute approximate surface area is 135 Å². The molecule has 1 amide bonds. The lowest BCUT2D eigenvalue weighted by atomic mass is 10.2. The van der Waals surface area contributed by atoms with Crippen molar-refractivity contribution in [3.8, 4) is 0 Å². The van der Waals surface area contributed by atoms with Gasteiger partial charge in [-0.05, 0) is 17.7 Å². The van der Waals surface area contributed by atoms with Crippen molar-refractivity contribution in [2.24, 2.45) is 16.5 Å². The van der Waals surface area contributed by atoms with Gasteiger partial charge in [-0.3, -0.25) is 4.79 Å². The molecule has 0 spiro atoms. The lowest BCUT2D eigenvalue weighted by Gasteiger charge is -2.09. The van der Waals surface area contributed by atoms with Gasteiger partial charge in [0, 0.05) is 6.54 Å². The SMILES string of the molecule is NC(N)=NC(=O)c1nc(Cl)c(NCc2cccc(F)c2)nc1N. The third-order valence-electron chi connectivity index (χ3n) is 2.66. The maximum Gasteiger partial charge on any atom is 0.302 e. The number of amides is 1. The zero-order valence-corrected chi connectivity index (χ0v) is 12.5. The molecule has 120 valence electrons. The summed E-state index contributed by atoms with van der Waals surface area (Å²) in [6.07, 6.45) is 0. The number of nitrogen functional groups attached to an aromatic ring is 1. The number of hydrogen-bond donors (Lipinski definition) is 4. The van der Waals surface area contributed by atoms with Gasteiger partial charge < -0.3 is 22.5 Å². The van der Waals surface area contributed by atoms with Crippen LogP contribution in [0.15, 0.2) is 29.3 Å². The highest BCUT2D eigenvalue weighted by Crippen LogP contribution is 2.21. The summed E-state index contributed by atoms with van der Waals surface area (Å²) >= 11 is 5.95. The van der Waals surface area contributed by atoms with E-state index < -0.39 is 11.9 Å². The van der Waals surface area contributed by atoms with Crippen molar-refractivity contribution in [3.63, 3.8) is 0 Å². The molecule has 23 heavy (non-hydrogen) atoms. The Hall–Kier alpha value is -2.94. The van der Waals surface area contributed by atoms with E-state index >= 15 is 0 Å². The van der Waals surface area contributed by atoms with E-state index in [0.29, 0.717) is 5.56 Å². The molecule has 2 rings (SSSR count). The minimum absolute atomic E-state index is 0.0928. The Morgan fingerprint density at radius 3 is 2.74 bits per heavy atom. The summed E-state index contributed by atoms with van der Waals surface area (Å²) in [6, 6.07) is 5.98. The van der Waals surface area contributed by atoms with Crippen LogP contribution in [0.5, 0.6) is 0 Å². The number of nitrogens with zero attached hydrogens (tertiary/aromatic N) is 3. The quantitative estimate of drug-likeness (QED) is 0.478. The number of halogens is 2. The molecule has 0 fully saturated rings. The third-order valence-corrected chi connectivity index (χ3v) is 2.93. The van der Waals surface area contributed by atoms with Crippen LogP contribution < -0.4 is 22.5 Å². The molecule has 0 saturated heterocycles. The molecular formula is C13H13ClFN7O. The second-order valence-electron chi connectivity index (χ2n) is 4.42. The van der Waals surface area contributed by atoms with Crippen LogP contribution in [0, 0.1) is 5.82 Å². The van der Waals surface area contributed by atoms with E-state index in [-0.39, 0.29) is 34.8 Å². The van der Waals surface area contributed by atoms with Gasteiger partial charge in [0.25, 0.3) is 0 Å². The molecule has 0 saturated carbocycles. The number of rotatable bonds is 4. The number of aromatic nitrogens is 2. The maximum absolute atomic E-state index is 13.1. The zero-order valence-electron chi connectivity index (χ0n) is 11.8. The molecule has 0 aliphatic rings. The Kier molecular flexibility index (Phi) is 4.91. The normalized spacial score (nSPS) is 10.2. The summed E-state index contributed by atoms with van der Waals surface area (Å²) in [6.45, 7) is 0.243. The molecule has 0 aliphatic carbocycles. The summed E-state index contributed by atoms with van der Waals surface area (Å²) in [7, 11) is 0. The molecular weight excluding hydrogens is 325 g/mol. The summed E-state index contributed by atoms with van der Waals surface area (Å²) in [5.74, 6) is -1.69. The average Bonchev–Trinajstić information content (AvgIpc) is 2.47. The van der Waals surface area contributed by atoms with E-state index in [1.165, 1.54) is 12.1 Å². The largest absolute Gasteiger partial charge is 0.382 e. The molecule has 0 radical (unpaired) electrons. The first kappa shape index (κ1) is 16.4. The minimum atomic E-state index is -0.853. The Morgan fingerprint density at radius 1 is 1.35 bits per heavy atom. The smallest absolute Gasteiger partial charge is 0.302 e. The van der Waals surface area contributed by atoms with Crippen molar-refractivity contribution in [1.82, 2.24) is 9.97 Å². The van der Waals surface area contributed by atoms with Crippen LogP contribution in [0.2, 0.25) is 5.15 Å². The molecule has 0 unspecified atom stereocenters. The lowest BCUT2D eigenvalue weighted by Crippen LogP contribution is -2.24. The van der Waals surface area contributed by atoms with Crippen LogP contribution in [0.1, 0.15) is 16.1 Å². The Balaban J connectivity index is 2.20. The van der Waals surface area contributed by atoms with Crippen LogP contribution in [-0.2, 0) is 6.54 Å². The summed E-state index contributed by atoms with van der Waals surface area (Å²) in [4.78, 5) is 22.8. The van der Waals surface area contributed by atoms with Crippen LogP contribution >= 0.6 is 11.6 Å². The third kappa shape index (κ3) is 4.27. The highest BCUT2D eigenvalue weighted by molar-refractivity contribution is 6.32. The van der Waals surface area contributed by atoms with E-state index in [1.807, 2.05) is 0 Å². The Morgan fingerprint density at radius 2 is 2.09 bits per heavy atom. The molecule has 10 heteroatoms. The number of carbonyl (C=O) groups excluding carboxylic acids is 1. The van der Waals surface area contributed by atoms with Crippen LogP contribution in [0.25, 0.3) is 0 Å². The van der Waals surface area contributed by atoms with Crippen molar-refractivity contribution in [3.05, 3.63) is 46.5 Å². The van der Waals surface area contributed by atoms with Gasteiger partial charge in [0.15, 0.2) is 28.4 Å². The van der Waals surface area contributed by atoms with Gasteiger partial charge in [0.05, 0.1) is 0 Å². The van der Waals surface area contributed by atoms with Gasteiger partial charge in [-0.1, -0.05) is 23.7 Å². The monoisotopic (exact) mass is 337 g/mol. The van der Waals surface area contributed by atoms with E-state index in [0.717, 1.165) is 0 Å². The van der Waals surface area contributed by atoms with Crippen molar-refractivity contribution in [2.75, 3.05) is 11.1 Å². The van der Waals surface area contributed by atoms with E-state index in [4.69, 9.17) is 28.8 Å². The highest BCUT2D eigenvalue weighted by atomic mass is 35.5. The number of anilines is 2. The number of carbonyl (C=O) groups is 1. The molecule has 0 aliphatic heterocycles. The number of benzene rings is 1. The van der Waals surface area contributed by atoms with Crippen molar-refractivity contribution < 1.29 is 9.18 Å². The maximum atomic E-state index is 13.1. The fraction of sp³-hybridized carbons (Fsp3) is 0.0769. The molecule has 1 heterocycles. The van der Waals surface area contributed by atoms with Gasteiger partial charge in [-0.2, -0.15) is 4.99 Å². The van der Waals surface area contributed by atoms with Gasteiger partial charge in [0.1, 0.15) is 5.82 Å². The number of nitrogens with two attached hydrogens (primary N) is 3. The van der Waals surface area contributed by atoms with E-state index in [1.54, 1.807) is 12.1 Å². The summed E-state index contributed by atoms with van der Waals surface area (Å²) in [5.41, 5.74) is 16.3. The molecule has 8 nitrogen and oxygen atoms in total. The fourth-order valence-electron chi connectivity index (χ4n) is 1.70. The first-order chi connectivity index (χ1) is 10.9. The molecule has 1 aromatic carbocycles. The number of nitrogens with one attached hydrogen (secondary N) is 1. The number of aliphatic imine (C=N–C) groups is 1. The molecule has 2 aromatic rings. The topological polar surface area (TPSA) is 145 Å². The zero-order chi connectivity index (χ0) is 17.0. The first-order valence-corrected chi connectivity index (χ1v) is 6.70. The van der Waals surface area contributed by atoms with Gasteiger partial charge in [0.2, 0.25) is 0 Å². The van der Waals surface area contributed by atoms with Crippen molar-refractivity contribution in [2.45, 2.75) is 6.54 Å². The second kappa shape index (κ2) is 6.88. The standard InChI is InChI=1S/C13H13ClFN7O/c14-9-11(19-5-6-2-1-3-7(15)4-6)21-10(16)8(20-9)12(23)22-13(17)18/h1-4H,5H2,(H3,16,19,21)(H4,17,18,22,23). The Bertz CT molecular complexity index is 777. The lowest BCUT2D eigenvalue weighted by molar-refractivity contribution is 0.0998. The number of guanidine groups is 1. The van der Waals surface area contributed by atoms with Crippen molar-refractivity contribution in [1.29, 1.82) is 0 Å². The van der Waals surface area contributed by atoms with E-state index in [9.17, 15) is 9.18 Å². The summed E-state index contributed by atoms with van der Waals surface area (Å²) < 4.78 is 13.1. The van der Waals surface area contributed by atoms with Crippen LogP contribution in [0.4, 0.5) is 16.0 Å². The van der Waals surface area contributed by atoms with Gasteiger partial charge >= 0.3 is 5.91 Å². The predicted octanol–water partition coefficient (Wildman–Crippen LogP) is 0.877. The first-order valence-electron chi connectivity index (χ1n) is 6.32. The average molecular weight is 338 g/mol. The minimum Gasteiger partial charge on any atom is -0.382 e. The highest BCUT2D eigenvalue weighted by Gasteiger charge is 2.16. The molecule has 7 N–H and O–H groups in total. The second-order valence-corrected chi connectivity index (χ2v) is 4.78. The van der Waals surface area contributed by atoms with Gasteiger partial charge in [-0.15, -0.1) is 0 Å². The van der Waals surface area contributed by atoms with Crippen LogP contribution in [0.3, 0.4) is 0 Å². The van der Waals surface area contributed by atoms with E-state index in [2.05, 4.69) is 20.3 Å². The van der Waals surface area contributed by atoms with Crippen LogP contribution in [-0.4, -0.2) is 21.8 Å². The van der Waals surface area contributed by atoms with Crippen molar-refractivity contribution >= 4 is 35.1 Å². The molecule has 0 atom stereocenters. The van der Waals surface area contributed by atoms with Gasteiger partial charge in [-0.25, -0.2) is 14.4 Å². The predicted molar refractivity (Wildman–Crippen MR) is 85.3 cm³/mol.